The zero-order chi connectivity index (χ0) is 23.4. The molecule has 3 rings (SSSR count). The summed E-state index contributed by atoms with van der Waals surface area (Å²) in [5.41, 5.74) is 2.59. The Bertz CT molecular complexity index is 948. The molecule has 0 saturated carbocycles. The molecule has 0 spiro atoms. The predicted octanol–water partition coefficient (Wildman–Crippen LogP) is 3.35. The number of likely N-dealkylation sites (tertiary alicyclic amines) is 1. The molecule has 172 valence electrons. The van der Waals surface area contributed by atoms with Crippen molar-refractivity contribution in [2.45, 2.75) is 19.8 Å². The number of ether oxygens (including phenoxy) is 3. The van der Waals surface area contributed by atoms with Crippen molar-refractivity contribution < 1.29 is 23.8 Å². The Morgan fingerprint density at radius 1 is 1.00 bits per heavy atom. The second kappa shape index (κ2) is 9.94. The molecule has 7 heteroatoms. The molecular formula is C25H32N2O5. The van der Waals surface area contributed by atoms with Crippen LogP contribution < -0.4 is 14.2 Å². The maximum atomic E-state index is 13.2. The first-order valence-electron chi connectivity index (χ1n) is 10.7. The summed E-state index contributed by atoms with van der Waals surface area (Å²) in [7, 11) is 6.48. The first kappa shape index (κ1) is 23.4. The molecule has 1 saturated heterocycles. The summed E-state index contributed by atoms with van der Waals surface area (Å²) in [5, 5.41) is 0. The van der Waals surface area contributed by atoms with Crippen molar-refractivity contribution in [1.29, 1.82) is 0 Å². The predicted molar refractivity (Wildman–Crippen MR) is 123 cm³/mol. The summed E-state index contributed by atoms with van der Waals surface area (Å²) in [4.78, 5) is 29.9. The minimum atomic E-state index is -0.364. The Hall–Kier alpha value is -3.22. The highest BCUT2D eigenvalue weighted by Gasteiger charge is 2.42. The highest BCUT2D eigenvalue weighted by Crippen LogP contribution is 2.43. The van der Waals surface area contributed by atoms with E-state index in [4.69, 9.17) is 14.2 Å². The fourth-order valence-corrected chi connectivity index (χ4v) is 4.19. The zero-order valence-electron chi connectivity index (χ0n) is 19.7. The van der Waals surface area contributed by atoms with E-state index >= 15 is 0 Å². The number of carbonyl (C=O) groups excluding carboxylic acids is 2. The summed E-state index contributed by atoms with van der Waals surface area (Å²) < 4.78 is 16.5. The van der Waals surface area contributed by atoms with Gasteiger partial charge in [0.25, 0.3) is 5.91 Å². The number of nitrogens with zero attached hydrogens (tertiary/aromatic N) is 2. The van der Waals surface area contributed by atoms with Crippen LogP contribution in [0.5, 0.6) is 17.2 Å². The van der Waals surface area contributed by atoms with E-state index < -0.39 is 0 Å². The Morgan fingerprint density at radius 3 is 2.09 bits per heavy atom. The number of aryl methyl sites for hydroxylation is 1. The van der Waals surface area contributed by atoms with Crippen LogP contribution in [0.1, 0.15) is 34.3 Å². The molecule has 2 aromatic rings. The highest BCUT2D eigenvalue weighted by atomic mass is 16.5. The molecule has 1 aliphatic heterocycles. The van der Waals surface area contributed by atoms with Crippen LogP contribution in [0.3, 0.4) is 0 Å². The molecule has 1 heterocycles. The molecule has 2 atom stereocenters. The fraction of sp³-hybridized carbons (Fsp3) is 0.440. The summed E-state index contributed by atoms with van der Waals surface area (Å²) in [5.74, 6) is 0.942. The van der Waals surface area contributed by atoms with Crippen LogP contribution in [0.25, 0.3) is 0 Å². The van der Waals surface area contributed by atoms with E-state index in [0.29, 0.717) is 42.4 Å². The Kier molecular flexibility index (Phi) is 7.28. The van der Waals surface area contributed by atoms with Crippen molar-refractivity contribution in [3.05, 3.63) is 53.1 Å². The van der Waals surface area contributed by atoms with Crippen molar-refractivity contribution >= 4 is 11.8 Å². The van der Waals surface area contributed by atoms with Gasteiger partial charge in [-0.15, -0.1) is 0 Å². The quantitative estimate of drug-likeness (QED) is 0.661. The van der Waals surface area contributed by atoms with Crippen LogP contribution in [0.15, 0.2) is 36.4 Å². The normalized spacial score (nSPS) is 17.8. The lowest BCUT2D eigenvalue weighted by molar-refractivity contribution is -0.133. The van der Waals surface area contributed by atoms with Crippen LogP contribution in [0.4, 0.5) is 0 Å². The van der Waals surface area contributed by atoms with Gasteiger partial charge in [0.15, 0.2) is 11.5 Å². The first-order valence-corrected chi connectivity index (χ1v) is 10.7. The van der Waals surface area contributed by atoms with E-state index in [1.54, 1.807) is 38.2 Å². The van der Waals surface area contributed by atoms with Crippen molar-refractivity contribution in [3.8, 4) is 17.2 Å². The van der Waals surface area contributed by atoms with Gasteiger partial charge in [-0.05, 0) is 43.7 Å². The molecule has 7 nitrogen and oxygen atoms in total. The number of methoxy groups -OCH3 is 3. The summed E-state index contributed by atoms with van der Waals surface area (Å²) in [6.07, 6.45) is 0. The number of hydrogen-bond acceptors (Lipinski definition) is 5. The van der Waals surface area contributed by atoms with E-state index in [-0.39, 0.29) is 23.7 Å². The third-order valence-electron chi connectivity index (χ3n) is 6.19. The molecule has 0 radical (unpaired) electrons. The third kappa shape index (κ3) is 4.52. The van der Waals surface area contributed by atoms with Gasteiger partial charge in [0.05, 0.1) is 27.2 Å². The molecule has 0 aromatic heterocycles. The number of benzene rings is 2. The van der Waals surface area contributed by atoms with Gasteiger partial charge in [-0.2, -0.15) is 0 Å². The largest absolute Gasteiger partial charge is 0.493 e. The molecule has 2 aromatic carbocycles. The minimum absolute atomic E-state index is 0.0189. The molecule has 0 unspecified atom stereocenters. The average Bonchev–Trinajstić information content (AvgIpc) is 3.27. The average molecular weight is 441 g/mol. The summed E-state index contributed by atoms with van der Waals surface area (Å²) >= 11 is 0. The lowest BCUT2D eigenvalue weighted by Gasteiger charge is -2.24. The standard InChI is InChI=1S/C25H32N2O5/c1-7-26(3)25(29)20-15-27(24(28)17-10-8-16(2)9-11-17)14-19(20)18-12-21(30-4)23(32-6)22(13-18)31-5/h8-13,19-20H,7,14-15H2,1-6H3/t19-,20-/m0/s1. The van der Waals surface area contributed by atoms with Gasteiger partial charge in [-0.1, -0.05) is 17.7 Å². The van der Waals surface area contributed by atoms with Gasteiger partial charge in [0, 0.05) is 38.2 Å². The van der Waals surface area contributed by atoms with Crippen molar-refractivity contribution in [2.75, 3.05) is 48.0 Å². The van der Waals surface area contributed by atoms with Crippen molar-refractivity contribution in [3.63, 3.8) is 0 Å². The van der Waals surface area contributed by atoms with Crippen molar-refractivity contribution in [2.24, 2.45) is 5.92 Å². The van der Waals surface area contributed by atoms with E-state index in [9.17, 15) is 9.59 Å². The summed E-state index contributed by atoms with van der Waals surface area (Å²) in [6.45, 7) is 5.32. The van der Waals surface area contributed by atoms with Gasteiger partial charge < -0.3 is 24.0 Å². The van der Waals surface area contributed by atoms with E-state index in [0.717, 1.165) is 11.1 Å². The van der Waals surface area contributed by atoms with Crippen molar-refractivity contribution in [1.82, 2.24) is 9.80 Å². The number of carbonyl (C=O) groups is 2. The highest BCUT2D eigenvalue weighted by molar-refractivity contribution is 5.95. The smallest absolute Gasteiger partial charge is 0.253 e. The molecular weight excluding hydrogens is 408 g/mol. The van der Waals surface area contributed by atoms with E-state index in [2.05, 4.69) is 0 Å². The fourth-order valence-electron chi connectivity index (χ4n) is 4.19. The molecule has 1 aliphatic rings. The maximum absolute atomic E-state index is 13.2. The van der Waals surface area contributed by atoms with Crippen LogP contribution in [0.2, 0.25) is 0 Å². The Morgan fingerprint density at radius 2 is 1.59 bits per heavy atom. The Balaban J connectivity index is 2.00. The minimum Gasteiger partial charge on any atom is -0.493 e. The molecule has 1 fully saturated rings. The molecule has 0 aliphatic carbocycles. The number of rotatable bonds is 7. The van der Waals surface area contributed by atoms with Crippen LogP contribution in [-0.4, -0.2) is 69.6 Å². The third-order valence-corrected chi connectivity index (χ3v) is 6.19. The lowest BCUT2D eigenvalue weighted by atomic mass is 9.87. The summed E-state index contributed by atoms with van der Waals surface area (Å²) in [6, 6.07) is 11.3. The second-order valence-corrected chi connectivity index (χ2v) is 8.10. The second-order valence-electron chi connectivity index (χ2n) is 8.10. The van der Waals surface area contributed by atoms with Gasteiger partial charge in [0.2, 0.25) is 11.7 Å². The van der Waals surface area contributed by atoms with Gasteiger partial charge >= 0.3 is 0 Å². The Labute approximate surface area is 189 Å². The number of amides is 2. The van der Waals surface area contributed by atoms with Gasteiger partial charge in [-0.25, -0.2) is 0 Å². The van der Waals surface area contributed by atoms with Crippen LogP contribution in [0, 0.1) is 12.8 Å². The number of hydrogen-bond donors (Lipinski definition) is 0. The van der Waals surface area contributed by atoms with Gasteiger partial charge in [-0.3, -0.25) is 9.59 Å². The van der Waals surface area contributed by atoms with Crippen LogP contribution in [-0.2, 0) is 4.79 Å². The maximum Gasteiger partial charge on any atom is 0.253 e. The molecule has 32 heavy (non-hydrogen) atoms. The zero-order valence-corrected chi connectivity index (χ0v) is 19.7. The topological polar surface area (TPSA) is 68.3 Å². The first-order chi connectivity index (χ1) is 15.3. The SMILES string of the molecule is CCN(C)C(=O)[C@H]1CN(C(=O)c2ccc(C)cc2)C[C@H]1c1cc(OC)c(OC)c(OC)c1. The van der Waals surface area contributed by atoms with Gasteiger partial charge in [0.1, 0.15) is 0 Å². The monoisotopic (exact) mass is 440 g/mol. The molecule has 2 amide bonds. The molecule has 0 bridgehead atoms. The van der Waals surface area contributed by atoms with E-state index in [1.165, 1.54) is 0 Å². The lowest BCUT2D eigenvalue weighted by Crippen LogP contribution is -2.36. The van der Waals surface area contributed by atoms with Crippen LogP contribution >= 0.6 is 0 Å². The van der Waals surface area contributed by atoms with E-state index in [1.807, 2.05) is 50.2 Å². The molecule has 0 N–H and O–H groups in total.